The number of ether oxygens (including phenoxy) is 1. The molecule has 2 saturated carbocycles. The van der Waals surface area contributed by atoms with E-state index in [2.05, 4.69) is 5.32 Å². The Morgan fingerprint density at radius 2 is 2.04 bits per heavy atom. The van der Waals surface area contributed by atoms with E-state index in [4.69, 9.17) is 10.5 Å². The predicted molar refractivity (Wildman–Crippen MR) is 91.1 cm³/mol. The van der Waals surface area contributed by atoms with E-state index < -0.39 is 11.9 Å². The summed E-state index contributed by atoms with van der Waals surface area (Å²) >= 11 is 1.05. The minimum atomic E-state index is -0.608. The summed E-state index contributed by atoms with van der Waals surface area (Å²) in [7, 11) is 0. The van der Waals surface area contributed by atoms with Crippen LogP contribution in [0.1, 0.15) is 58.2 Å². The summed E-state index contributed by atoms with van der Waals surface area (Å²) < 4.78 is 5.06. The number of anilines is 1. The molecule has 0 unspecified atom stereocenters. The molecule has 1 aromatic rings. The number of fused-ring (bicyclic) bond motifs is 2. The predicted octanol–water partition coefficient (Wildman–Crippen LogP) is 2.71. The van der Waals surface area contributed by atoms with Gasteiger partial charge in [-0.05, 0) is 50.5 Å². The maximum atomic E-state index is 12.7. The standard InChI is InChI=1S/C17H22N2O4S/c1-3-23-17(22)12-8(2)13(14(18)20)24-16(12)19-15(21)11-7-9-4-5-10(11)6-9/h9-11H,3-7H2,1-2H3,(H2,18,20)(H,19,21)/t9-,10+,11-/m0/s1. The van der Waals surface area contributed by atoms with Crippen LogP contribution in [0.2, 0.25) is 0 Å². The molecule has 7 heteroatoms. The fourth-order valence-electron chi connectivity index (χ4n) is 4.06. The Balaban J connectivity index is 1.86. The number of carbonyl (C=O) groups excluding carboxylic acids is 3. The molecule has 24 heavy (non-hydrogen) atoms. The quantitative estimate of drug-likeness (QED) is 0.798. The number of primary amides is 1. The zero-order chi connectivity index (χ0) is 17.4. The smallest absolute Gasteiger partial charge is 0.341 e. The lowest BCUT2D eigenvalue weighted by molar-refractivity contribution is -0.121. The molecule has 130 valence electrons. The number of amides is 2. The molecule has 2 aliphatic rings. The average Bonchev–Trinajstić information content (AvgIpc) is 3.21. The first kappa shape index (κ1) is 17.0. The van der Waals surface area contributed by atoms with Crippen LogP contribution < -0.4 is 11.1 Å². The van der Waals surface area contributed by atoms with Gasteiger partial charge in [0.05, 0.1) is 17.0 Å². The van der Waals surface area contributed by atoms with Gasteiger partial charge in [0.2, 0.25) is 5.91 Å². The second kappa shape index (κ2) is 6.55. The van der Waals surface area contributed by atoms with Gasteiger partial charge >= 0.3 is 5.97 Å². The average molecular weight is 350 g/mol. The van der Waals surface area contributed by atoms with E-state index in [1.165, 1.54) is 6.42 Å². The van der Waals surface area contributed by atoms with E-state index in [0.29, 0.717) is 22.4 Å². The van der Waals surface area contributed by atoms with Crippen LogP contribution in [0.3, 0.4) is 0 Å². The van der Waals surface area contributed by atoms with Crippen LogP contribution in [-0.2, 0) is 9.53 Å². The number of rotatable bonds is 5. The normalized spacial score (nSPS) is 24.8. The third-order valence-corrected chi connectivity index (χ3v) is 6.38. The summed E-state index contributed by atoms with van der Waals surface area (Å²) in [4.78, 5) is 36.7. The van der Waals surface area contributed by atoms with Gasteiger partial charge in [0.15, 0.2) is 0 Å². The molecule has 0 aromatic carbocycles. The lowest BCUT2D eigenvalue weighted by Gasteiger charge is -2.20. The van der Waals surface area contributed by atoms with Crippen LogP contribution in [0.25, 0.3) is 0 Å². The van der Waals surface area contributed by atoms with Crippen LogP contribution in [0.4, 0.5) is 5.00 Å². The highest BCUT2D eigenvalue weighted by molar-refractivity contribution is 7.18. The van der Waals surface area contributed by atoms with Gasteiger partial charge < -0.3 is 15.8 Å². The molecule has 0 radical (unpaired) electrons. The molecule has 0 aliphatic heterocycles. The zero-order valence-corrected chi connectivity index (χ0v) is 14.7. The van der Waals surface area contributed by atoms with Crippen LogP contribution >= 0.6 is 11.3 Å². The molecule has 0 saturated heterocycles. The summed E-state index contributed by atoms with van der Waals surface area (Å²) in [5.74, 6) is -0.118. The van der Waals surface area contributed by atoms with Crippen molar-refractivity contribution in [1.29, 1.82) is 0 Å². The van der Waals surface area contributed by atoms with E-state index in [0.717, 1.165) is 30.6 Å². The Morgan fingerprint density at radius 3 is 2.58 bits per heavy atom. The molecule has 3 N–H and O–H groups in total. The van der Waals surface area contributed by atoms with Gasteiger partial charge in [-0.2, -0.15) is 0 Å². The minimum Gasteiger partial charge on any atom is -0.462 e. The third kappa shape index (κ3) is 2.92. The molecule has 2 amide bonds. The topological polar surface area (TPSA) is 98.5 Å². The Labute approximate surface area is 144 Å². The van der Waals surface area contributed by atoms with E-state index in [-0.39, 0.29) is 28.9 Å². The maximum absolute atomic E-state index is 12.7. The second-order valence-corrected chi connectivity index (χ2v) is 7.64. The van der Waals surface area contributed by atoms with E-state index in [9.17, 15) is 14.4 Å². The first-order valence-corrected chi connectivity index (χ1v) is 9.15. The molecule has 2 aliphatic carbocycles. The lowest BCUT2D eigenvalue weighted by atomic mass is 9.88. The summed E-state index contributed by atoms with van der Waals surface area (Å²) in [5, 5.41) is 3.23. The summed E-state index contributed by atoms with van der Waals surface area (Å²) in [6, 6.07) is 0. The molecule has 3 rings (SSSR count). The minimum absolute atomic E-state index is 0.00164. The van der Waals surface area contributed by atoms with Crippen molar-refractivity contribution in [2.24, 2.45) is 23.5 Å². The number of nitrogens with one attached hydrogen (secondary N) is 1. The maximum Gasteiger partial charge on any atom is 0.341 e. The zero-order valence-electron chi connectivity index (χ0n) is 13.9. The highest BCUT2D eigenvalue weighted by Crippen LogP contribution is 2.49. The molecule has 2 fully saturated rings. The van der Waals surface area contributed by atoms with Gasteiger partial charge in [0.25, 0.3) is 5.91 Å². The van der Waals surface area contributed by atoms with Crippen molar-refractivity contribution in [2.45, 2.75) is 39.5 Å². The third-order valence-electron chi connectivity index (χ3n) is 5.16. The molecular weight excluding hydrogens is 328 g/mol. The van der Waals surface area contributed by atoms with Gasteiger partial charge in [-0.3, -0.25) is 9.59 Å². The van der Waals surface area contributed by atoms with E-state index >= 15 is 0 Å². The Kier molecular flexibility index (Phi) is 4.62. The Morgan fingerprint density at radius 1 is 1.29 bits per heavy atom. The Bertz CT molecular complexity index is 697. The number of esters is 1. The number of hydrogen-bond acceptors (Lipinski definition) is 5. The lowest BCUT2D eigenvalue weighted by Crippen LogP contribution is -2.27. The number of hydrogen-bond donors (Lipinski definition) is 2. The van der Waals surface area contributed by atoms with Crippen LogP contribution in [0.15, 0.2) is 0 Å². The fraction of sp³-hybridized carbons (Fsp3) is 0.588. The summed E-state index contributed by atoms with van der Waals surface area (Å²) in [6.07, 6.45) is 4.35. The van der Waals surface area contributed by atoms with E-state index in [1.54, 1.807) is 13.8 Å². The van der Waals surface area contributed by atoms with Gasteiger partial charge in [0, 0.05) is 5.92 Å². The molecule has 0 spiro atoms. The number of carbonyl (C=O) groups is 3. The molecule has 1 aromatic heterocycles. The van der Waals surface area contributed by atoms with E-state index in [1.807, 2.05) is 0 Å². The van der Waals surface area contributed by atoms with Crippen molar-refractivity contribution in [3.63, 3.8) is 0 Å². The first-order valence-electron chi connectivity index (χ1n) is 8.33. The Hall–Kier alpha value is -1.89. The van der Waals surface area contributed by atoms with Crippen LogP contribution in [0.5, 0.6) is 0 Å². The molecule has 1 heterocycles. The number of thiophene rings is 1. The van der Waals surface area contributed by atoms with Gasteiger partial charge in [-0.25, -0.2) is 4.79 Å². The molecule has 3 atom stereocenters. The van der Waals surface area contributed by atoms with Crippen LogP contribution in [-0.4, -0.2) is 24.4 Å². The summed E-state index contributed by atoms with van der Waals surface area (Å²) in [5.41, 5.74) is 6.09. The number of nitrogens with two attached hydrogens (primary N) is 1. The van der Waals surface area contributed by atoms with Crippen molar-refractivity contribution in [2.75, 3.05) is 11.9 Å². The van der Waals surface area contributed by atoms with Gasteiger partial charge in [-0.15, -0.1) is 11.3 Å². The van der Waals surface area contributed by atoms with Crippen molar-refractivity contribution >= 4 is 34.1 Å². The van der Waals surface area contributed by atoms with Gasteiger partial charge in [0.1, 0.15) is 5.00 Å². The SMILES string of the molecule is CCOC(=O)c1c(NC(=O)[C@H]2C[C@H]3CC[C@@H]2C3)sc(C(N)=O)c1C. The van der Waals surface area contributed by atoms with Crippen molar-refractivity contribution in [1.82, 2.24) is 0 Å². The highest BCUT2D eigenvalue weighted by atomic mass is 32.1. The van der Waals surface area contributed by atoms with Crippen molar-refractivity contribution in [3.8, 4) is 0 Å². The van der Waals surface area contributed by atoms with Gasteiger partial charge in [-0.1, -0.05) is 6.42 Å². The highest BCUT2D eigenvalue weighted by Gasteiger charge is 2.43. The van der Waals surface area contributed by atoms with Crippen molar-refractivity contribution < 1.29 is 19.1 Å². The molecule has 6 nitrogen and oxygen atoms in total. The largest absolute Gasteiger partial charge is 0.462 e. The molecule has 2 bridgehead atoms. The monoisotopic (exact) mass is 350 g/mol. The van der Waals surface area contributed by atoms with Crippen LogP contribution in [0, 0.1) is 24.7 Å². The second-order valence-electron chi connectivity index (χ2n) is 6.62. The summed E-state index contributed by atoms with van der Waals surface area (Å²) in [6.45, 7) is 3.58. The fourth-order valence-corrected chi connectivity index (χ4v) is 5.11. The van der Waals surface area contributed by atoms with Crippen molar-refractivity contribution in [3.05, 3.63) is 16.0 Å². The molecular formula is C17H22N2O4S. The first-order chi connectivity index (χ1) is 11.4.